The van der Waals surface area contributed by atoms with Crippen molar-refractivity contribution < 1.29 is 5.11 Å². The highest BCUT2D eigenvalue weighted by Crippen LogP contribution is 2.02. The molecule has 0 aliphatic heterocycles. The zero-order chi connectivity index (χ0) is 12.4. The molecule has 16 heavy (non-hydrogen) atoms. The highest BCUT2D eigenvalue weighted by Gasteiger charge is 1.91. The fraction of sp³-hybridized carbons (Fsp3) is 0.455. The van der Waals surface area contributed by atoms with Crippen molar-refractivity contribution >= 4 is 0 Å². The lowest BCUT2D eigenvalue weighted by atomic mass is 10.1. The van der Waals surface area contributed by atoms with Gasteiger partial charge in [-0.25, -0.2) is 0 Å². The standard InChI is InChI=1S/C8H12N2.C3H10N2O/c9-5-7-2-1-3-8(4-7)6-10;4-1-3(6)2-5/h1-4H,5-6,9-10H2;3,6H,1-2,4-5H2. The third-order valence-corrected chi connectivity index (χ3v) is 2.01. The lowest BCUT2D eigenvalue weighted by molar-refractivity contribution is 0.191. The Hall–Kier alpha value is -0.980. The molecule has 9 N–H and O–H groups in total. The number of aliphatic hydroxyl groups excluding tert-OH is 1. The molecule has 0 saturated heterocycles. The van der Waals surface area contributed by atoms with Crippen molar-refractivity contribution in [3.8, 4) is 0 Å². The van der Waals surface area contributed by atoms with E-state index in [4.69, 9.17) is 28.0 Å². The largest absolute Gasteiger partial charge is 0.390 e. The predicted octanol–water partition coefficient (Wildman–Crippen LogP) is -1.13. The fourth-order valence-electron chi connectivity index (χ4n) is 0.980. The maximum Gasteiger partial charge on any atom is 0.0784 e. The summed E-state index contributed by atoms with van der Waals surface area (Å²) < 4.78 is 0. The smallest absolute Gasteiger partial charge is 0.0784 e. The van der Waals surface area contributed by atoms with E-state index in [2.05, 4.69) is 0 Å². The number of benzene rings is 1. The quantitative estimate of drug-likeness (QED) is 0.444. The molecule has 5 heteroatoms. The van der Waals surface area contributed by atoms with Crippen molar-refractivity contribution in [3.05, 3.63) is 35.4 Å². The molecular formula is C11H22N4O. The summed E-state index contributed by atoms with van der Waals surface area (Å²) in [6.45, 7) is 1.70. The molecule has 1 aromatic rings. The third kappa shape index (κ3) is 6.49. The van der Waals surface area contributed by atoms with E-state index in [1.165, 1.54) is 0 Å². The number of nitrogens with two attached hydrogens (primary N) is 4. The molecule has 1 rings (SSSR count). The van der Waals surface area contributed by atoms with Gasteiger partial charge in [0.25, 0.3) is 0 Å². The molecule has 0 saturated carbocycles. The number of hydrogen-bond acceptors (Lipinski definition) is 5. The van der Waals surface area contributed by atoms with Gasteiger partial charge in [0, 0.05) is 26.2 Å². The summed E-state index contributed by atoms with van der Waals surface area (Å²) in [6, 6.07) is 8.00. The summed E-state index contributed by atoms with van der Waals surface area (Å²) in [5, 5.41) is 8.42. The fourth-order valence-corrected chi connectivity index (χ4v) is 0.980. The van der Waals surface area contributed by atoms with Crippen LogP contribution in [0.3, 0.4) is 0 Å². The van der Waals surface area contributed by atoms with Gasteiger partial charge in [-0.15, -0.1) is 0 Å². The molecule has 0 amide bonds. The van der Waals surface area contributed by atoms with Crippen LogP contribution in [0.2, 0.25) is 0 Å². The van der Waals surface area contributed by atoms with Crippen molar-refractivity contribution in [1.82, 2.24) is 0 Å². The van der Waals surface area contributed by atoms with Gasteiger partial charge in [0.15, 0.2) is 0 Å². The van der Waals surface area contributed by atoms with Crippen LogP contribution >= 0.6 is 0 Å². The van der Waals surface area contributed by atoms with E-state index < -0.39 is 6.10 Å². The maximum atomic E-state index is 8.42. The Morgan fingerprint density at radius 2 is 1.38 bits per heavy atom. The zero-order valence-electron chi connectivity index (χ0n) is 9.47. The van der Waals surface area contributed by atoms with Crippen LogP contribution in [0.1, 0.15) is 11.1 Å². The molecular weight excluding hydrogens is 204 g/mol. The lowest BCUT2D eigenvalue weighted by Crippen LogP contribution is -2.27. The van der Waals surface area contributed by atoms with E-state index in [1.807, 2.05) is 24.3 Å². The molecule has 0 atom stereocenters. The summed E-state index contributed by atoms with van der Waals surface area (Å²) in [5.41, 5.74) is 23.1. The summed E-state index contributed by atoms with van der Waals surface area (Å²) in [7, 11) is 0. The predicted molar refractivity (Wildman–Crippen MR) is 66.3 cm³/mol. The van der Waals surface area contributed by atoms with Crippen LogP contribution in [-0.2, 0) is 13.1 Å². The minimum Gasteiger partial charge on any atom is -0.390 e. The van der Waals surface area contributed by atoms with Crippen molar-refractivity contribution in [2.24, 2.45) is 22.9 Å². The molecule has 0 radical (unpaired) electrons. The second-order valence-corrected chi connectivity index (χ2v) is 3.35. The molecule has 0 spiro atoms. The molecule has 0 heterocycles. The van der Waals surface area contributed by atoms with E-state index in [-0.39, 0.29) is 13.1 Å². The normalized spacial score (nSPS) is 9.88. The third-order valence-electron chi connectivity index (χ3n) is 2.01. The summed E-state index contributed by atoms with van der Waals surface area (Å²) in [5.74, 6) is 0. The average Bonchev–Trinajstić information content (AvgIpc) is 2.38. The monoisotopic (exact) mass is 226 g/mol. The van der Waals surface area contributed by atoms with Crippen LogP contribution in [0, 0.1) is 0 Å². The van der Waals surface area contributed by atoms with E-state index in [0.717, 1.165) is 11.1 Å². The SMILES string of the molecule is NCC(O)CN.NCc1cccc(CN)c1. The number of rotatable bonds is 4. The molecule has 0 aliphatic carbocycles. The van der Waals surface area contributed by atoms with Gasteiger partial charge >= 0.3 is 0 Å². The summed E-state index contributed by atoms with van der Waals surface area (Å²) in [4.78, 5) is 0. The Labute approximate surface area is 96.4 Å². The zero-order valence-corrected chi connectivity index (χ0v) is 9.47. The Morgan fingerprint density at radius 1 is 0.938 bits per heavy atom. The number of hydrogen-bond donors (Lipinski definition) is 5. The highest BCUT2D eigenvalue weighted by atomic mass is 16.3. The maximum absolute atomic E-state index is 8.42. The van der Waals surface area contributed by atoms with Gasteiger partial charge in [-0.2, -0.15) is 0 Å². The van der Waals surface area contributed by atoms with Crippen LogP contribution in [0.5, 0.6) is 0 Å². The molecule has 92 valence electrons. The van der Waals surface area contributed by atoms with E-state index >= 15 is 0 Å². The topological polar surface area (TPSA) is 124 Å². The average molecular weight is 226 g/mol. The van der Waals surface area contributed by atoms with Crippen LogP contribution in [0.4, 0.5) is 0 Å². The summed E-state index contributed by atoms with van der Waals surface area (Å²) in [6.07, 6.45) is -0.509. The van der Waals surface area contributed by atoms with Gasteiger partial charge in [0.05, 0.1) is 6.10 Å². The van der Waals surface area contributed by atoms with Gasteiger partial charge in [0.1, 0.15) is 0 Å². The van der Waals surface area contributed by atoms with Crippen molar-refractivity contribution in [1.29, 1.82) is 0 Å². The molecule has 0 fully saturated rings. The molecule has 0 aromatic heterocycles. The second kappa shape index (κ2) is 9.26. The van der Waals surface area contributed by atoms with Crippen LogP contribution < -0.4 is 22.9 Å². The van der Waals surface area contributed by atoms with E-state index in [9.17, 15) is 0 Å². The van der Waals surface area contributed by atoms with Gasteiger partial charge in [-0.3, -0.25) is 0 Å². The molecule has 0 unspecified atom stereocenters. The first kappa shape index (κ1) is 15.0. The van der Waals surface area contributed by atoms with Crippen LogP contribution in [0.25, 0.3) is 0 Å². The molecule has 5 nitrogen and oxygen atoms in total. The highest BCUT2D eigenvalue weighted by molar-refractivity contribution is 5.22. The Kier molecular flexibility index (Phi) is 8.69. The van der Waals surface area contributed by atoms with Gasteiger partial charge in [-0.05, 0) is 11.1 Å². The Morgan fingerprint density at radius 3 is 1.62 bits per heavy atom. The number of aliphatic hydroxyl groups is 1. The molecule has 0 aliphatic rings. The van der Waals surface area contributed by atoms with Gasteiger partial charge in [0.2, 0.25) is 0 Å². The van der Waals surface area contributed by atoms with Crippen molar-refractivity contribution in [2.75, 3.05) is 13.1 Å². The van der Waals surface area contributed by atoms with E-state index in [1.54, 1.807) is 0 Å². The lowest BCUT2D eigenvalue weighted by Gasteiger charge is -1.98. The van der Waals surface area contributed by atoms with E-state index in [0.29, 0.717) is 13.1 Å². The summed E-state index contributed by atoms with van der Waals surface area (Å²) >= 11 is 0. The first-order chi connectivity index (χ1) is 7.67. The molecule has 1 aromatic carbocycles. The Bertz CT molecular complexity index is 257. The van der Waals surface area contributed by atoms with Gasteiger partial charge < -0.3 is 28.0 Å². The second-order valence-electron chi connectivity index (χ2n) is 3.35. The van der Waals surface area contributed by atoms with Crippen LogP contribution in [0.15, 0.2) is 24.3 Å². The first-order valence-corrected chi connectivity index (χ1v) is 5.24. The Balaban J connectivity index is 0.000000325. The molecule has 0 bridgehead atoms. The first-order valence-electron chi connectivity index (χ1n) is 5.24. The minimum atomic E-state index is -0.509. The minimum absolute atomic E-state index is 0.260. The van der Waals surface area contributed by atoms with Gasteiger partial charge in [-0.1, -0.05) is 24.3 Å². The van der Waals surface area contributed by atoms with Crippen molar-refractivity contribution in [2.45, 2.75) is 19.2 Å². The van der Waals surface area contributed by atoms with Crippen LogP contribution in [-0.4, -0.2) is 24.3 Å². The van der Waals surface area contributed by atoms with Crippen molar-refractivity contribution in [3.63, 3.8) is 0 Å².